The first-order chi connectivity index (χ1) is 12.7. The van der Waals surface area contributed by atoms with Gasteiger partial charge in [-0.1, -0.05) is 23.7 Å². The molecule has 0 aliphatic heterocycles. The van der Waals surface area contributed by atoms with Crippen molar-refractivity contribution in [2.45, 2.75) is 4.90 Å². The second kappa shape index (κ2) is 8.75. The molecule has 2 amide bonds. The molecule has 0 saturated carbocycles. The highest BCUT2D eigenvalue weighted by molar-refractivity contribution is 7.89. The molecule has 0 aromatic heterocycles. The Morgan fingerprint density at radius 2 is 1.89 bits per heavy atom. The molecule has 0 atom stereocenters. The number of urea groups is 1. The number of rotatable bonds is 7. The van der Waals surface area contributed by atoms with Crippen molar-refractivity contribution in [2.75, 3.05) is 18.4 Å². The highest BCUT2D eigenvalue weighted by Gasteiger charge is 2.17. The lowest BCUT2D eigenvalue weighted by Gasteiger charge is -2.10. The number of nitro groups is 1. The van der Waals surface area contributed by atoms with Crippen molar-refractivity contribution < 1.29 is 22.5 Å². The standard InChI is InChI=1S/C15H14ClFN4O5S/c16-12-5-2-6-13(14(12)17)20-15(22)18-7-8-19-27(25,26)11-4-1-3-10(9-11)21(23)24/h1-6,9,19H,7-8H2,(H2,18,20,22). The fraction of sp³-hybridized carbons (Fsp3) is 0.133. The Hall–Kier alpha value is -2.76. The van der Waals surface area contributed by atoms with Crippen molar-refractivity contribution in [3.8, 4) is 0 Å². The maximum absolute atomic E-state index is 13.7. The molecule has 0 saturated heterocycles. The molecule has 2 aromatic rings. The smallest absolute Gasteiger partial charge is 0.319 e. The van der Waals surface area contributed by atoms with E-state index in [2.05, 4.69) is 15.4 Å². The third-order valence-corrected chi connectivity index (χ3v) is 4.99. The summed E-state index contributed by atoms with van der Waals surface area (Å²) in [6.07, 6.45) is 0. The van der Waals surface area contributed by atoms with Gasteiger partial charge in [0, 0.05) is 25.2 Å². The molecular formula is C15H14ClFN4O5S. The first-order valence-corrected chi connectivity index (χ1v) is 9.30. The van der Waals surface area contributed by atoms with Gasteiger partial charge in [0.1, 0.15) is 0 Å². The number of sulfonamides is 1. The van der Waals surface area contributed by atoms with E-state index in [0.29, 0.717) is 0 Å². The summed E-state index contributed by atoms with van der Waals surface area (Å²) < 4.78 is 40.1. The van der Waals surface area contributed by atoms with Gasteiger partial charge in [0.15, 0.2) is 5.82 Å². The average Bonchev–Trinajstić information content (AvgIpc) is 2.63. The van der Waals surface area contributed by atoms with Crippen LogP contribution in [0.25, 0.3) is 0 Å². The van der Waals surface area contributed by atoms with E-state index in [1.54, 1.807) is 0 Å². The maximum atomic E-state index is 13.7. The van der Waals surface area contributed by atoms with Gasteiger partial charge in [0.05, 0.1) is 20.5 Å². The van der Waals surface area contributed by atoms with E-state index >= 15 is 0 Å². The molecule has 9 nitrogen and oxygen atoms in total. The van der Waals surface area contributed by atoms with Gasteiger partial charge in [0.2, 0.25) is 10.0 Å². The van der Waals surface area contributed by atoms with E-state index in [4.69, 9.17) is 11.6 Å². The number of hydrogen-bond donors (Lipinski definition) is 3. The lowest BCUT2D eigenvalue weighted by atomic mass is 10.3. The SMILES string of the molecule is O=C(NCCNS(=O)(=O)c1cccc([N+](=O)[O-])c1)Nc1cccc(Cl)c1F. The van der Waals surface area contributed by atoms with Gasteiger partial charge in [0.25, 0.3) is 5.69 Å². The van der Waals surface area contributed by atoms with Crippen LogP contribution in [-0.2, 0) is 10.0 Å². The zero-order valence-electron chi connectivity index (χ0n) is 13.6. The molecule has 0 radical (unpaired) electrons. The molecule has 12 heteroatoms. The topological polar surface area (TPSA) is 130 Å². The number of benzene rings is 2. The summed E-state index contributed by atoms with van der Waals surface area (Å²) in [5.41, 5.74) is -0.490. The molecule has 27 heavy (non-hydrogen) atoms. The summed E-state index contributed by atoms with van der Waals surface area (Å²) in [6.45, 7) is -0.293. The number of carbonyl (C=O) groups excluding carboxylic acids is 1. The Morgan fingerprint density at radius 1 is 1.19 bits per heavy atom. The number of halogens is 2. The molecule has 0 bridgehead atoms. The molecule has 2 aromatic carbocycles. The van der Waals surface area contributed by atoms with E-state index < -0.39 is 26.8 Å². The first kappa shape index (κ1) is 20.6. The molecule has 2 rings (SSSR count). The summed E-state index contributed by atoms with van der Waals surface area (Å²) >= 11 is 5.60. The van der Waals surface area contributed by atoms with E-state index in [1.165, 1.54) is 36.4 Å². The Bertz CT molecular complexity index is 970. The van der Waals surface area contributed by atoms with Crippen LogP contribution in [0, 0.1) is 15.9 Å². The van der Waals surface area contributed by atoms with Crippen molar-refractivity contribution in [3.05, 3.63) is 63.4 Å². The summed E-state index contributed by atoms with van der Waals surface area (Å²) in [7, 11) is -3.99. The number of anilines is 1. The summed E-state index contributed by atoms with van der Waals surface area (Å²) in [6, 6.07) is 7.87. The van der Waals surface area contributed by atoms with Crippen molar-refractivity contribution in [2.24, 2.45) is 0 Å². The Balaban J connectivity index is 1.87. The van der Waals surface area contributed by atoms with E-state index in [1.807, 2.05) is 0 Å². The van der Waals surface area contributed by atoms with E-state index in [9.17, 15) is 27.7 Å². The van der Waals surface area contributed by atoms with Gasteiger partial charge in [-0.15, -0.1) is 0 Å². The van der Waals surface area contributed by atoms with Crippen LogP contribution in [0.5, 0.6) is 0 Å². The molecule has 0 aliphatic carbocycles. The predicted molar refractivity (Wildman–Crippen MR) is 96.7 cm³/mol. The molecule has 0 fully saturated rings. The van der Waals surface area contributed by atoms with Gasteiger partial charge >= 0.3 is 6.03 Å². The molecule has 0 unspecified atom stereocenters. The van der Waals surface area contributed by atoms with Crippen molar-refractivity contribution in [3.63, 3.8) is 0 Å². The predicted octanol–water partition coefficient (Wildman–Crippen LogP) is 2.49. The number of amides is 2. The molecule has 3 N–H and O–H groups in total. The average molecular weight is 417 g/mol. The second-order valence-electron chi connectivity index (χ2n) is 5.13. The van der Waals surface area contributed by atoms with Crippen LogP contribution in [0.3, 0.4) is 0 Å². The van der Waals surface area contributed by atoms with Gasteiger partial charge in [-0.05, 0) is 18.2 Å². The van der Waals surface area contributed by atoms with Gasteiger partial charge < -0.3 is 10.6 Å². The number of nitrogens with one attached hydrogen (secondary N) is 3. The first-order valence-electron chi connectivity index (χ1n) is 7.43. The number of hydrogen-bond acceptors (Lipinski definition) is 5. The fourth-order valence-corrected chi connectivity index (χ4v) is 3.22. The largest absolute Gasteiger partial charge is 0.337 e. The number of nitrogens with zero attached hydrogens (tertiary/aromatic N) is 1. The zero-order chi connectivity index (χ0) is 20.0. The minimum absolute atomic E-state index is 0.109. The minimum atomic E-state index is -3.99. The summed E-state index contributed by atoms with van der Waals surface area (Å²) in [4.78, 5) is 21.4. The van der Waals surface area contributed by atoms with Crippen LogP contribution < -0.4 is 15.4 Å². The second-order valence-corrected chi connectivity index (χ2v) is 7.31. The van der Waals surface area contributed by atoms with Gasteiger partial charge in [-0.2, -0.15) is 0 Å². The Kier molecular flexibility index (Phi) is 6.66. The molecule has 0 aliphatic rings. The van der Waals surface area contributed by atoms with Crippen LogP contribution in [0.2, 0.25) is 5.02 Å². The summed E-state index contributed by atoms with van der Waals surface area (Å²) in [5, 5.41) is 15.1. The lowest BCUT2D eigenvalue weighted by molar-refractivity contribution is -0.385. The Labute approximate surface area is 158 Å². The third kappa shape index (κ3) is 5.61. The van der Waals surface area contributed by atoms with Gasteiger partial charge in [-0.25, -0.2) is 22.3 Å². The third-order valence-electron chi connectivity index (χ3n) is 3.24. The number of nitro benzene ring substituents is 1. The molecule has 0 spiro atoms. The van der Waals surface area contributed by atoms with Crippen molar-refractivity contribution >= 4 is 39.0 Å². The lowest BCUT2D eigenvalue weighted by Crippen LogP contribution is -2.36. The monoisotopic (exact) mass is 416 g/mol. The highest BCUT2D eigenvalue weighted by atomic mass is 35.5. The molecule has 0 heterocycles. The van der Waals surface area contributed by atoms with Crippen LogP contribution in [0.15, 0.2) is 47.4 Å². The molecule has 144 valence electrons. The molecular weight excluding hydrogens is 403 g/mol. The normalized spacial score (nSPS) is 11.0. The fourth-order valence-electron chi connectivity index (χ4n) is 1.98. The van der Waals surface area contributed by atoms with Crippen molar-refractivity contribution in [1.82, 2.24) is 10.0 Å². The van der Waals surface area contributed by atoms with E-state index in [-0.39, 0.29) is 34.4 Å². The van der Waals surface area contributed by atoms with Crippen LogP contribution in [0.4, 0.5) is 20.6 Å². The zero-order valence-corrected chi connectivity index (χ0v) is 15.2. The van der Waals surface area contributed by atoms with Crippen LogP contribution in [-0.4, -0.2) is 32.5 Å². The van der Waals surface area contributed by atoms with Crippen LogP contribution >= 0.6 is 11.6 Å². The maximum Gasteiger partial charge on any atom is 0.319 e. The number of non-ortho nitro benzene ring substituents is 1. The van der Waals surface area contributed by atoms with Crippen LogP contribution in [0.1, 0.15) is 0 Å². The van der Waals surface area contributed by atoms with Gasteiger partial charge in [-0.3, -0.25) is 10.1 Å². The number of carbonyl (C=O) groups is 1. The van der Waals surface area contributed by atoms with Crippen molar-refractivity contribution in [1.29, 1.82) is 0 Å². The summed E-state index contributed by atoms with van der Waals surface area (Å²) in [5.74, 6) is -0.791. The quantitative estimate of drug-likeness (QED) is 0.362. The Morgan fingerprint density at radius 3 is 2.59 bits per heavy atom. The van der Waals surface area contributed by atoms with E-state index in [0.717, 1.165) is 6.07 Å². The highest BCUT2D eigenvalue weighted by Crippen LogP contribution is 2.21. The minimum Gasteiger partial charge on any atom is -0.337 e.